The maximum absolute atomic E-state index is 10.0. The van der Waals surface area contributed by atoms with Crippen molar-refractivity contribution in [3.8, 4) is 0 Å². The Bertz CT molecular complexity index is 178. The molecule has 1 saturated carbocycles. The second-order valence-corrected chi connectivity index (χ2v) is 5.03. The fraction of sp³-hybridized carbons (Fsp3) is 1.00. The average Bonchev–Trinajstić information content (AvgIpc) is 2.95. The molecule has 1 rings (SSSR count). The van der Waals surface area contributed by atoms with Crippen LogP contribution in [0.5, 0.6) is 0 Å². The SMILES string of the molecule is CCCC(C)(O)CNC(COC)C1CC1. The van der Waals surface area contributed by atoms with E-state index in [1.54, 1.807) is 7.11 Å². The molecule has 0 aromatic rings. The van der Waals surface area contributed by atoms with Gasteiger partial charge in [-0.15, -0.1) is 0 Å². The Labute approximate surface area is 93.2 Å². The van der Waals surface area contributed by atoms with Gasteiger partial charge < -0.3 is 15.2 Å². The molecule has 15 heavy (non-hydrogen) atoms. The van der Waals surface area contributed by atoms with E-state index in [4.69, 9.17) is 4.74 Å². The molecule has 0 aromatic heterocycles. The molecule has 2 N–H and O–H groups in total. The fourth-order valence-electron chi connectivity index (χ4n) is 2.02. The van der Waals surface area contributed by atoms with Crippen LogP contribution in [0, 0.1) is 5.92 Å². The van der Waals surface area contributed by atoms with E-state index in [0.717, 1.165) is 25.4 Å². The summed E-state index contributed by atoms with van der Waals surface area (Å²) in [5.74, 6) is 0.766. The molecule has 2 atom stereocenters. The van der Waals surface area contributed by atoms with Gasteiger partial charge in [-0.05, 0) is 32.1 Å². The van der Waals surface area contributed by atoms with Crippen molar-refractivity contribution in [1.82, 2.24) is 5.32 Å². The molecular formula is C12H25NO2. The molecule has 1 fully saturated rings. The van der Waals surface area contributed by atoms with Gasteiger partial charge in [0.1, 0.15) is 0 Å². The number of hydrogen-bond donors (Lipinski definition) is 2. The molecule has 90 valence electrons. The molecule has 0 radical (unpaired) electrons. The van der Waals surface area contributed by atoms with Gasteiger partial charge in [0.2, 0.25) is 0 Å². The molecule has 0 amide bonds. The normalized spacial score (nSPS) is 22.4. The Morgan fingerprint density at radius 2 is 2.20 bits per heavy atom. The standard InChI is InChI=1S/C12H25NO2/c1-4-7-12(2,14)9-13-11(8-15-3)10-5-6-10/h10-11,13-14H,4-9H2,1-3H3. The summed E-state index contributed by atoms with van der Waals surface area (Å²) in [5.41, 5.74) is -0.574. The topological polar surface area (TPSA) is 41.5 Å². The summed E-state index contributed by atoms with van der Waals surface area (Å²) in [6, 6.07) is 0.429. The number of ether oxygens (including phenoxy) is 1. The summed E-state index contributed by atoms with van der Waals surface area (Å²) in [7, 11) is 1.74. The maximum Gasteiger partial charge on any atom is 0.0743 e. The highest BCUT2D eigenvalue weighted by Gasteiger charge is 2.32. The van der Waals surface area contributed by atoms with Crippen LogP contribution >= 0.6 is 0 Å². The summed E-state index contributed by atoms with van der Waals surface area (Å²) in [5, 5.41) is 13.5. The van der Waals surface area contributed by atoms with Crippen LogP contribution in [-0.2, 0) is 4.74 Å². The van der Waals surface area contributed by atoms with E-state index in [2.05, 4.69) is 12.2 Å². The number of aliphatic hydroxyl groups is 1. The van der Waals surface area contributed by atoms with Gasteiger partial charge in [-0.3, -0.25) is 0 Å². The van der Waals surface area contributed by atoms with E-state index in [0.29, 0.717) is 12.6 Å². The zero-order valence-electron chi connectivity index (χ0n) is 10.3. The van der Waals surface area contributed by atoms with Crippen molar-refractivity contribution in [1.29, 1.82) is 0 Å². The van der Waals surface area contributed by atoms with Gasteiger partial charge in [0.15, 0.2) is 0 Å². The van der Waals surface area contributed by atoms with Gasteiger partial charge in [0, 0.05) is 19.7 Å². The van der Waals surface area contributed by atoms with E-state index in [-0.39, 0.29) is 0 Å². The van der Waals surface area contributed by atoms with E-state index in [9.17, 15) is 5.11 Å². The van der Waals surface area contributed by atoms with E-state index in [1.807, 2.05) is 6.92 Å². The predicted octanol–water partition coefficient (Wildman–Crippen LogP) is 1.55. The summed E-state index contributed by atoms with van der Waals surface area (Å²) in [6.07, 6.45) is 4.48. The highest BCUT2D eigenvalue weighted by molar-refractivity contribution is 4.88. The lowest BCUT2D eigenvalue weighted by atomic mass is 10.00. The fourth-order valence-corrected chi connectivity index (χ4v) is 2.02. The highest BCUT2D eigenvalue weighted by Crippen LogP contribution is 2.32. The lowest BCUT2D eigenvalue weighted by Crippen LogP contribution is -2.45. The second kappa shape index (κ2) is 5.83. The zero-order chi connectivity index (χ0) is 11.3. The summed E-state index contributed by atoms with van der Waals surface area (Å²) in [4.78, 5) is 0. The van der Waals surface area contributed by atoms with Crippen molar-refractivity contribution in [2.24, 2.45) is 5.92 Å². The van der Waals surface area contributed by atoms with Crippen LogP contribution < -0.4 is 5.32 Å². The highest BCUT2D eigenvalue weighted by atomic mass is 16.5. The summed E-state index contributed by atoms with van der Waals surface area (Å²) >= 11 is 0. The van der Waals surface area contributed by atoms with E-state index >= 15 is 0 Å². The van der Waals surface area contributed by atoms with Crippen molar-refractivity contribution in [2.45, 2.75) is 51.2 Å². The van der Waals surface area contributed by atoms with Crippen LogP contribution in [-0.4, -0.2) is 37.0 Å². The molecule has 3 nitrogen and oxygen atoms in total. The van der Waals surface area contributed by atoms with Crippen LogP contribution in [0.1, 0.15) is 39.5 Å². The molecule has 0 spiro atoms. The van der Waals surface area contributed by atoms with Crippen molar-refractivity contribution < 1.29 is 9.84 Å². The molecule has 1 aliphatic carbocycles. The average molecular weight is 215 g/mol. The lowest BCUT2D eigenvalue weighted by Gasteiger charge is -2.26. The van der Waals surface area contributed by atoms with E-state index < -0.39 is 5.60 Å². The van der Waals surface area contributed by atoms with Gasteiger partial charge in [-0.2, -0.15) is 0 Å². The van der Waals surface area contributed by atoms with Crippen molar-refractivity contribution >= 4 is 0 Å². The van der Waals surface area contributed by atoms with Crippen LogP contribution in [0.25, 0.3) is 0 Å². The minimum Gasteiger partial charge on any atom is -0.389 e. The van der Waals surface area contributed by atoms with Crippen molar-refractivity contribution in [3.05, 3.63) is 0 Å². The first-order valence-electron chi connectivity index (χ1n) is 6.04. The molecule has 1 aliphatic rings. The monoisotopic (exact) mass is 215 g/mol. The van der Waals surface area contributed by atoms with Crippen molar-refractivity contribution in [3.63, 3.8) is 0 Å². The smallest absolute Gasteiger partial charge is 0.0743 e. The number of rotatable bonds is 8. The number of nitrogens with one attached hydrogen (secondary N) is 1. The minimum absolute atomic E-state index is 0.429. The number of methoxy groups -OCH3 is 1. The first kappa shape index (κ1) is 12.9. The molecule has 0 bridgehead atoms. The molecular weight excluding hydrogens is 190 g/mol. The minimum atomic E-state index is -0.574. The first-order valence-corrected chi connectivity index (χ1v) is 6.04. The first-order chi connectivity index (χ1) is 7.09. The van der Waals surface area contributed by atoms with Crippen LogP contribution in [0.4, 0.5) is 0 Å². The summed E-state index contributed by atoms with van der Waals surface area (Å²) in [6.45, 7) is 5.43. The summed E-state index contributed by atoms with van der Waals surface area (Å²) < 4.78 is 5.19. The lowest BCUT2D eigenvalue weighted by molar-refractivity contribution is 0.0414. The number of hydrogen-bond acceptors (Lipinski definition) is 3. The van der Waals surface area contributed by atoms with Gasteiger partial charge in [0.05, 0.1) is 12.2 Å². The molecule has 0 aliphatic heterocycles. The molecule has 0 saturated heterocycles. The Morgan fingerprint density at radius 1 is 1.53 bits per heavy atom. The van der Waals surface area contributed by atoms with Gasteiger partial charge in [-0.1, -0.05) is 13.3 Å². The molecule has 0 aromatic carbocycles. The molecule has 0 heterocycles. The third-order valence-corrected chi connectivity index (χ3v) is 3.07. The Morgan fingerprint density at radius 3 is 2.67 bits per heavy atom. The second-order valence-electron chi connectivity index (χ2n) is 5.03. The predicted molar refractivity (Wildman–Crippen MR) is 61.9 cm³/mol. The Kier molecular flexibility index (Phi) is 5.03. The van der Waals surface area contributed by atoms with Crippen LogP contribution in [0.3, 0.4) is 0 Å². The quantitative estimate of drug-likeness (QED) is 0.645. The molecule has 2 unspecified atom stereocenters. The van der Waals surface area contributed by atoms with Crippen LogP contribution in [0.2, 0.25) is 0 Å². The third-order valence-electron chi connectivity index (χ3n) is 3.07. The van der Waals surface area contributed by atoms with E-state index in [1.165, 1.54) is 12.8 Å². The third kappa shape index (κ3) is 4.96. The largest absolute Gasteiger partial charge is 0.389 e. The van der Waals surface area contributed by atoms with Gasteiger partial charge in [-0.25, -0.2) is 0 Å². The maximum atomic E-state index is 10.0. The Balaban J connectivity index is 2.25. The Hall–Kier alpha value is -0.120. The van der Waals surface area contributed by atoms with Crippen LogP contribution in [0.15, 0.2) is 0 Å². The zero-order valence-corrected chi connectivity index (χ0v) is 10.3. The van der Waals surface area contributed by atoms with Crippen molar-refractivity contribution in [2.75, 3.05) is 20.3 Å². The van der Waals surface area contributed by atoms with Gasteiger partial charge in [0.25, 0.3) is 0 Å². The van der Waals surface area contributed by atoms with Gasteiger partial charge >= 0.3 is 0 Å². The molecule has 3 heteroatoms.